The van der Waals surface area contributed by atoms with Crippen molar-refractivity contribution in [1.82, 2.24) is 29.7 Å². The van der Waals surface area contributed by atoms with Gasteiger partial charge in [0.1, 0.15) is 0 Å². The molecule has 138 valence electrons. The normalized spacial score (nSPS) is 13.2. The van der Waals surface area contributed by atoms with Crippen LogP contribution in [0.3, 0.4) is 0 Å². The molecule has 0 amide bonds. The van der Waals surface area contributed by atoms with Crippen molar-refractivity contribution < 1.29 is 17.7 Å². The lowest BCUT2D eigenvalue weighted by atomic mass is 10.3. The molecule has 27 heavy (non-hydrogen) atoms. The molecule has 0 fully saturated rings. The number of fused-ring (bicyclic) bond motifs is 1. The van der Waals surface area contributed by atoms with Crippen molar-refractivity contribution in [2.24, 2.45) is 0 Å². The number of nitrogens with zero attached hydrogens (tertiary/aromatic N) is 6. The third-order valence-electron chi connectivity index (χ3n) is 3.69. The Morgan fingerprint density at radius 2 is 2.04 bits per heavy atom. The number of hydrogen-bond donors (Lipinski definition) is 0. The first kappa shape index (κ1) is 17.5. The fraction of sp³-hybridized carbons (Fsp3) is 0.188. The second-order valence-corrected chi connectivity index (χ2v) is 6.89. The van der Waals surface area contributed by atoms with Gasteiger partial charge in [0, 0.05) is 24.2 Å². The van der Waals surface area contributed by atoms with Crippen LogP contribution in [0.2, 0.25) is 0 Å². The number of aromatic nitrogens is 6. The summed E-state index contributed by atoms with van der Waals surface area (Å²) in [4.78, 5) is 8.32. The van der Waals surface area contributed by atoms with Gasteiger partial charge in [-0.2, -0.15) is 18.2 Å². The summed E-state index contributed by atoms with van der Waals surface area (Å²) in [5.74, 6) is 0.707. The Kier molecular flexibility index (Phi) is 4.30. The first-order valence-electron chi connectivity index (χ1n) is 7.74. The predicted molar refractivity (Wildman–Crippen MR) is 89.8 cm³/mol. The molecule has 0 radical (unpaired) electrons. The van der Waals surface area contributed by atoms with Crippen molar-refractivity contribution in [2.45, 2.75) is 23.5 Å². The number of rotatable bonds is 4. The lowest BCUT2D eigenvalue weighted by Gasteiger charge is -2.08. The quantitative estimate of drug-likeness (QED) is 0.485. The van der Waals surface area contributed by atoms with Gasteiger partial charge in [0.25, 0.3) is 0 Å². The molecule has 4 aromatic heterocycles. The Morgan fingerprint density at radius 1 is 1.19 bits per heavy atom. The minimum Gasteiger partial charge on any atom is -0.338 e. The Bertz CT molecular complexity index is 1080. The van der Waals surface area contributed by atoms with Crippen molar-refractivity contribution in [2.75, 3.05) is 0 Å². The topological polar surface area (TPSA) is 82.0 Å². The highest BCUT2D eigenvalue weighted by Gasteiger charge is 2.31. The minimum atomic E-state index is -4.45. The van der Waals surface area contributed by atoms with E-state index in [1.54, 1.807) is 31.5 Å². The maximum Gasteiger partial charge on any atom is 0.417 e. The highest BCUT2D eigenvalue weighted by atomic mass is 32.2. The van der Waals surface area contributed by atoms with Gasteiger partial charge in [0.15, 0.2) is 10.8 Å². The zero-order valence-corrected chi connectivity index (χ0v) is 14.6. The first-order chi connectivity index (χ1) is 12.9. The Labute approximate surface area is 154 Å². The largest absolute Gasteiger partial charge is 0.417 e. The van der Waals surface area contributed by atoms with Crippen LogP contribution in [0.25, 0.3) is 17.0 Å². The van der Waals surface area contributed by atoms with Crippen LogP contribution in [0.15, 0.2) is 52.5 Å². The highest BCUT2D eigenvalue weighted by Crippen LogP contribution is 2.35. The molecule has 0 aliphatic heterocycles. The van der Waals surface area contributed by atoms with Crippen LogP contribution in [0.5, 0.6) is 0 Å². The molecule has 0 N–H and O–H groups in total. The lowest BCUT2D eigenvalue weighted by molar-refractivity contribution is -0.137. The number of hydrogen-bond acceptors (Lipinski definition) is 7. The molecule has 0 aliphatic rings. The van der Waals surface area contributed by atoms with Gasteiger partial charge in [-0.15, -0.1) is 10.2 Å². The summed E-state index contributed by atoms with van der Waals surface area (Å²) in [7, 11) is 0. The average molecular weight is 392 g/mol. The summed E-state index contributed by atoms with van der Waals surface area (Å²) in [6, 6.07) is 5.80. The monoisotopic (exact) mass is 392 g/mol. The Hall–Kier alpha value is -2.95. The smallest absolute Gasteiger partial charge is 0.338 e. The summed E-state index contributed by atoms with van der Waals surface area (Å²) in [6.07, 6.45) is -0.234. The van der Waals surface area contributed by atoms with Crippen molar-refractivity contribution in [3.05, 3.63) is 54.3 Å². The maximum absolute atomic E-state index is 12.9. The second-order valence-electron chi connectivity index (χ2n) is 5.58. The molecular formula is C16H11F3N6OS. The molecule has 4 rings (SSSR count). The lowest BCUT2D eigenvalue weighted by Crippen LogP contribution is -2.06. The van der Waals surface area contributed by atoms with Crippen LogP contribution >= 0.6 is 11.8 Å². The van der Waals surface area contributed by atoms with E-state index in [4.69, 9.17) is 4.52 Å². The van der Waals surface area contributed by atoms with Crippen molar-refractivity contribution >= 4 is 17.4 Å². The summed E-state index contributed by atoms with van der Waals surface area (Å²) >= 11 is 1.17. The van der Waals surface area contributed by atoms with Crippen LogP contribution in [-0.2, 0) is 6.18 Å². The zero-order valence-electron chi connectivity index (χ0n) is 13.8. The van der Waals surface area contributed by atoms with E-state index < -0.39 is 11.7 Å². The molecule has 4 aromatic rings. The molecule has 0 aliphatic carbocycles. The first-order valence-corrected chi connectivity index (χ1v) is 8.62. The van der Waals surface area contributed by atoms with Gasteiger partial charge >= 0.3 is 6.18 Å². The van der Waals surface area contributed by atoms with Crippen molar-refractivity contribution in [1.29, 1.82) is 0 Å². The highest BCUT2D eigenvalue weighted by molar-refractivity contribution is 7.99. The van der Waals surface area contributed by atoms with Crippen LogP contribution < -0.4 is 0 Å². The molecule has 1 unspecified atom stereocenters. The molecular weight excluding hydrogens is 381 g/mol. The van der Waals surface area contributed by atoms with Crippen molar-refractivity contribution in [3.8, 4) is 11.4 Å². The molecule has 7 nitrogen and oxygen atoms in total. The average Bonchev–Trinajstić information content (AvgIpc) is 3.29. The Balaban J connectivity index is 1.60. The zero-order chi connectivity index (χ0) is 19.0. The summed E-state index contributed by atoms with van der Waals surface area (Å²) in [5, 5.41) is 11.7. The van der Waals surface area contributed by atoms with Gasteiger partial charge in [-0.1, -0.05) is 16.9 Å². The van der Waals surface area contributed by atoms with Gasteiger partial charge < -0.3 is 4.52 Å². The van der Waals surface area contributed by atoms with Crippen LogP contribution in [0, 0.1) is 0 Å². The van der Waals surface area contributed by atoms with Gasteiger partial charge in [-0.05, 0) is 31.2 Å². The molecule has 0 aromatic carbocycles. The van der Waals surface area contributed by atoms with E-state index in [1.165, 1.54) is 22.2 Å². The predicted octanol–water partition coefficient (Wildman–Crippen LogP) is 4.05. The summed E-state index contributed by atoms with van der Waals surface area (Å²) < 4.78 is 45.4. The van der Waals surface area contributed by atoms with Gasteiger partial charge in [0.05, 0.1) is 10.8 Å². The van der Waals surface area contributed by atoms with E-state index in [1.807, 2.05) is 0 Å². The fourth-order valence-corrected chi connectivity index (χ4v) is 3.20. The van der Waals surface area contributed by atoms with E-state index in [2.05, 4.69) is 25.3 Å². The SMILES string of the molecule is CC(Sc1nnc2ccc(C(F)(F)F)cn12)c1nc(-c2cccnc2)no1. The van der Waals surface area contributed by atoms with E-state index in [0.717, 1.165) is 12.3 Å². The number of halogens is 3. The molecule has 11 heteroatoms. The summed E-state index contributed by atoms with van der Waals surface area (Å²) in [6.45, 7) is 1.79. The molecule has 0 saturated heterocycles. The van der Waals surface area contributed by atoms with E-state index in [0.29, 0.717) is 28.1 Å². The van der Waals surface area contributed by atoms with Crippen LogP contribution in [0.1, 0.15) is 23.6 Å². The number of pyridine rings is 2. The number of thioether (sulfide) groups is 1. The van der Waals surface area contributed by atoms with E-state index >= 15 is 0 Å². The standard InChI is InChI=1S/C16H11F3N6OS/c1-9(14-21-13(24-26-14)10-3-2-6-20-7-10)27-15-23-22-12-5-4-11(8-25(12)15)16(17,18)19/h2-9H,1H3. The molecule has 1 atom stereocenters. The number of alkyl halides is 3. The summed E-state index contributed by atoms with van der Waals surface area (Å²) in [5.41, 5.74) is 0.243. The molecule has 0 bridgehead atoms. The van der Waals surface area contributed by atoms with E-state index in [9.17, 15) is 13.2 Å². The van der Waals surface area contributed by atoms with E-state index in [-0.39, 0.29) is 5.25 Å². The molecule has 0 spiro atoms. The van der Waals surface area contributed by atoms with Crippen LogP contribution in [0.4, 0.5) is 13.2 Å². The fourth-order valence-electron chi connectivity index (χ4n) is 2.34. The second kappa shape index (κ2) is 6.65. The van der Waals surface area contributed by atoms with Gasteiger partial charge in [-0.25, -0.2) is 0 Å². The minimum absolute atomic E-state index is 0.296. The van der Waals surface area contributed by atoms with Gasteiger partial charge in [-0.3, -0.25) is 9.38 Å². The van der Waals surface area contributed by atoms with Crippen molar-refractivity contribution in [3.63, 3.8) is 0 Å². The third-order valence-corrected chi connectivity index (χ3v) is 4.73. The van der Waals surface area contributed by atoms with Gasteiger partial charge in [0.2, 0.25) is 11.7 Å². The Morgan fingerprint density at radius 3 is 2.78 bits per heavy atom. The maximum atomic E-state index is 12.9. The molecule has 0 saturated carbocycles. The molecule has 4 heterocycles. The third kappa shape index (κ3) is 3.50. The van der Waals surface area contributed by atoms with Crippen LogP contribution in [-0.4, -0.2) is 29.7 Å².